The van der Waals surface area contributed by atoms with Crippen LogP contribution in [0.15, 0.2) is 71.6 Å². The van der Waals surface area contributed by atoms with Crippen LogP contribution in [0.3, 0.4) is 0 Å². The highest BCUT2D eigenvalue weighted by atomic mass is 35.5. The summed E-state index contributed by atoms with van der Waals surface area (Å²) < 4.78 is 29.0. The van der Waals surface area contributed by atoms with E-state index in [1.807, 2.05) is 65.8 Å². The average molecular weight is 584 g/mol. The molecule has 40 heavy (non-hydrogen) atoms. The molecule has 3 aromatic carbocycles. The second kappa shape index (κ2) is 13.3. The maximum atomic E-state index is 14.1. The number of hydrogen-bond acceptors (Lipinski definition) is 4. The van der Waals surface area contributed by atoms with Crippen LogP contribution in [0.2, 0.25) is 5.02 Å². The smallest absolute Gasteiger partial charge is 0.264 e. The number of sulfonamides is 1. The lowest BCUT2D eigenvalue weighted by Gasteiger charge is -2.33. The molecule has 1 atom stereocenters. The Balaban J connectivity index is 2.08. The third kappa shape index (κ3) is 7.64. The number of aryl methyl sites for hydroxylation is 3. The third-order valence-corrected chi connectivity index (χ3v) is 8.82. The minimum absolute atomic E-state index is 0.0530. The summed E-state index contributed by atoms with van der Waals surface area (Å²) in [4.78, 5) is 28.8. The summed E-state index contributed by atoms with van der Waals surface area (Å²) >= 11 is 6.39. The number of halogens is 1. The zero-order valence-corrected chi connectivity index (χ0v) is 25.5. The van der Waals surface area contributed by atoms with Gasteiger partial charge in [-0.15, -0.1) is 0 Å². The van der Waals surface area contributed by atoms with E-state index in [0.717, 1.165) is 26.6 Å². The van der Waals surface area contributed by atoms with Gasteiger partial charge in [0.25, 0.3) is 10.0 Å². The van der Waals surface area contributed by atoms with E-state index in [-0.39, 0.29) is 29.1 Å². The molecule has 7 nitrogen and oxygen atoms in total. The first-order valence-electron chi connectivity index (χ1n) is 13.3. The number of amides is 2. The van der Waals surface area contributed by atoms with Crippen molar-refractivity contribution in [2.45, 2.75) is 71.5 Å². The predicted molar refractivity (Wildman–Crippen MR) is 161 cm³/mol. The maximum absolute atomic E-state index is 14.1. The molecule has 0 aromatic heterocycles. The second-order valence-electron chi connectivity index (χ2n) is 10.4. The molecule has 0 aliphatic heterocycles. The second-order valence-corrected chi connectivity index (χ2v) is 12.6. The maximum Gasteiger partial charge on any atom is 0.264 e. The Bertz CT molecular complexity index is 1440. The Labute approximate surface area is 243 Å². The van der Waals surface area contributed by atoms with Crippen molar-refractivity contribution >= 4 is 39.1 Å². The number of rotatable bonds is 11. The van der Waals surface area contributed by atoms with Crippen molar-refractivity contribution in [1.82, 2.24) is 10.2 Å². The highest BCUT2D eigenvalue weighted by molar-refractivity contribution is 7.92. The summed E-state index contributed by atoms with van der Waals surface area (Å²) in [6.45, 7) is 10.8. The van der Waals surface area contributed by atoms with Crippen LogP contribution in [0.4, 0.5) is 5.69 Å². The van der Waals surface area contributed by atoms with Gasteiger partial charge in [0.2, 0.25) is 11.8 Å². The number of nitrogens with zero attached hydrogens (tertiary/aromatic N) is 2. The van der Waals surface area contributed by atoms with Crippen LogP contribution >= 0.6 is 11.6 Å². The number of anilines is 1. The van der Waals surface area contributed by atoms with Gasteiger partial charge in [-0.3, -0.25) is 13.9 Å². The summed E-state index contributed by atoms with van der Waals surface area (Å²) in [5, 5.41) is 3.28. The molecule has 0 bridgehead atoms. The quantitative estimate of drug-likeness (QED) is 0.309. The van der Waals surface area contributed by atoms with Gasteiger partial charge in [0.15, 0.2) is 0 Å². The molecule has 0 fully saturated rings. The van der Waals surface area contributed by atoms with E-state index in [1.54, 1.807) is 30.3 Å². The number of carbonyl (C=O) groups excluding carboxylic acids is 2. The van der Waals surface area contributed by atoms with Gasteiger partial charge in [-0.1, -0.05) is 72.1 Å². The molecule has 0 aliphatic carbocycles. The molecule has 0 heterocycles. The molecule has 3 rings (SSSR count). The van der Waals surface area contributed by atoms with Crippen LogP contribution in [0, 0.1) is 20.8 Å². The SMILES string of the molecule is CC[C@@H](C(=O)NC(C)C)N(Cc1ccc(C)cc1)C(=O)CN(c1ccc(C)c(Cl)c1)S(=O)(=O)c1ccc(C)cc1. The molecule has 2 amide bonds. The van der Waals surface area contributed by atoms with Gasteiger partial charge in [-0.05, 0) is 76.4 Å². The van der Waals surface area contributed by atoms with Crippen molar-refractivity contribution in [1.29, 1.82) is 0 Å². The Hall–Kier alpha value is -3.36. The summed E-state index contributed by atoms with van der Waals surface area (Å²) in [7, 11) is -4.15. The van der Waals surface area contributed by atoms with Crippen molar-refractivity contribution in [3.63, 3.8) is 0 Å². The normalized spacial score (nSPS) is 12.2. The number of nitrogens with one attached hydrogen (secondary N) is 1. The Morgan fingerprint density at radius 2 is 1.48 bits per heavy atom. The van der Waals surface area contributed by atoms with Crippen molar-refractivity contribution < 1.29 is 18.0 Å². The van der Waals surface area contributed by atoms with Crippen LogP contribution in [0.25, 0.3) is 0 Å². The fourth-order valence-electron chi connectivity index (χ4n) is 4.29. The van der Waals surface area contributed by atoms with Crippen LogP contribution in [-0.4, -0.2) is 43.8 Å². The van der Waals surface area contributed by atoms with Gasteiger partial charge in [0, 0.05) is 17.6 Å². The van der Waals surface area contributed by atoms with E-state index in [9.17, 15) is 18.0 Å². The van der Waals surface area contributed by atoms with Crippen LogP contribution in [0.5, 0.6) is 0 Å². The number of carbonyl (C=O) groups is 2. The molecule has 0 saturated carbocycles. The lowest BCUT2D eigenvalue weighted by atomic mass is 10.1. The minimum Gasteiger partial charge on any atom is -0.352 e. The van der Waals surface area contributed by atoms with Gasteiger partial charge in [0.05, 0.1) is 10.6 Å². The summed E-state index contributed by atoms with van der Waals surface area (Å²) in [5.41, 5.74) is 3.85. The monoisotopic (exact) mass is 583 g/mol. The fraction of sp³-hybridized carbons (Fsp3) is 0.355. The van der Waals surface area contributed by atoms with Crippen LogP contribution in [-0.2, 0) is 26.2 Å². The zero-order valence-electron chi connectivity index (χ0n) is 23.9. The van der Waals surface area contributed by atoms with Crippen molar-refractivity contribution in [3.8, 4) is 0 Å². The lowest BCUT2D eigenvalue weighted by Crippen LogP contribution is -2.53. The molecule has 0 radical (unpaired) electrons. The van der Waals surface area contributed by atoms with Crippen LogP contribution < -0.4 is 9.62 Å². The van der Waals surface area contributed by atoms with E-state index in [0.29, 0.717) is 11.4 Å². The molecule has 214 valence electrons. The Morgan fingerprint density at radius 3 is 2.00 bits per heavy atom. The Kier molecular flexibility index (Phi) is 10.4. The third-order valence-electron chi connectivity index (χ3n) is 6.62. The first-order valence-corrected chi connectivity index (χ1v) is 15.2. The average Bonchev–Trinajstić information content (AvgIpc) is 2.89. The Morgan fingerprint density at radius 1 is 0.900 bits per heavy atom. The van der Waals surface area contributed by atoms with E-state index in [4.69, 9.17) is 11.6 Å². The molecule has 1 N–H and O–H groups in total. The molecule has 0 aliphatic rings. The first-order chi connectivity index (χ1) is 18.8. The topological polar surface area (TPSA) is 86.8 Å². The van der Waals surface area contributed by atoms with Gasteiger partial charge >= 0.3 is 0 Å². The van der Waals surface area contributed by atoms with Gasteiger partial charge < -0.3 is 10.2 Å². The van der Waals surface area contributed by atoms with E-state index in [1.165, 1.54) is 17.0 Å². The standard InChI is InChI=1S/C31H38ClN3O4S/c1-7-29(31(37)33-21(2)3)34(19-25-13-8-22(4)9-14-25)30(36)20-35(26-15-12-24(6)28(32)18-26)40(38,39)27-16-10-23(5)11-17-27/h8-18,21,29H,7,19-20H2,1-6H3,(H,33,37)/t29-/m0/s1. The molecule has 0 spiro atoms. The molecular formula is C31H38ClN3O4S. The molecule has 3 aromatic rings. The molecule has 9 heteroatoms. The number of benzene rings is 3. The van der Waals surface area contributed by atoms with Gasteiger partial charge in [-0.25, -0.2) is 8.42 Å². The highest BCUT2D eigenvalue weighted by Gasteiger charge is 2.34. The van der Waals surface area contributed by atoms with Crippen molar-refractivity contribution in [3.05, 3.63) is 94.0 Å². The highest BCUT2D eigenvalue weighted by Crippen LogP contribution is 2.29. The van der Waals surface area contributed by atoms with Crippen molar-refractivity contribution in [2.24, 2.45) is 0 Å². The number of hydrogen-bond donors (Lipinski definition) is 1. The first kappa shape index (κ1) is 31.2. The van der Waals surface area contributed by atoms with Gasteiger partial charge in [-0.2, -0.15) is 0 Å². The van der Waals surface area contributed by atoms with E-state index in [2.05, 4.69) is 5.32 Å². The molecule has 0 unspecified atom stereocenters. The fourth-order valence-corrected chi connectivity index (χ4v) is 5.87. The van der Waals surface area contributed by atoms with Crippen molar-refractivity contribution in [2.75, 3.05) is 10.8 Å². The van der Waals surface area contributed by atoms with E-state index >= 15 is 0 Å². The minimum atomic E-state index is -4.15. The zero-order chi connectivity index (χ0) is 29.6. The predicted octanol–water partition coefficient (Wildman–Crippen LogP) is 5.79. The summed E-state index contributed by atoms with van der Waals surface area (Å²) in [6, 6.07) is 18.1. The van der Waals surface area contributed by atoms with Gasteiger partial charge in [0.1, 0.15) is 12.6 Å². The largest absolute Gasteiger partial charge is 0.352 e. The summed E-state index contributed by atoms with van der Waals surface area (Å²) in [5.74, 6) is -0.789. The lowest BCUT2D eigenvalue weighted by molar-refractivity contribution is -0.140. The van der Waals surface area contributed by atoms with Crippen LogP contribution in [0.1, 0.15) is 49.4 Å². The van der Waals surface area contributed by atoms with E-state index < -0.39 is 28.5 Å². The molecular weight excluding hydrogens is 546 g/mol. The summed E-state index contributed by atoms with van der Waals surface area (Å²) in [6.07, 6.45) is 0.358. The molecule has 0 saturated heterocycles.